The van der Waals surface area contributed by atoms with Crippen LogP contribution in [0.5, 0.6) is 0 Å². The summed E-state index contributed by atoms with van der Waals surface area (Å²) >= 11 is 0. The first kappa shape index (κ1) is 37.8. The lowest BCUT2D eigenvalue weighted by Gasteiger charge is -2.35. The highest BCUT2D eigenvalue weighted by atomic mass is 35.5. The van der Waals surface area contributed by atoms with E-state index >= 15 is 0 Å². The largest absolute Gasteiger partial charge is 0.394 e. The molecule has 0 bridgehead atoms. The fraction of sp³-hybridized carbons (Fsp3) is 0.967. The summed E-state index contributed by atoms with van der Waals surface area (Å²) in [6.45, 7) is 3.99. The fourth-order valence-electron chi connectivity index (χ4n) is 5.15. The van der Waals surface area contributed by atoms with Crippen molar-refractivity contribution >= 4 is 18.3 Å². The van der Waals surface area contributed by atoms with Crippen molar-refractivity contribution in [1.29, 1.82) is 0 Å². The topological polar surface area (TPSA) is 72.8 Å². The highest BCUT2D eigenvalue weighted by Gasteiger charge is 2.29. The molecule has 6 heteroatoms. The first-order chi connectivity index (χ1) is 17.0. The van der Waals surface area contributed by atoms with Gasteiger partial charge in [0.1, 0.15) is 0 Å². The molecule has 0 spiro atoms. The molecule has 3 unspecified atom stereocenters. The molecule has 36 heavy (non-hydrogen) atoms. The Morgan fingerprint density at radius 1 is 0.694 bits per heavy atom. The van der Waals surface area contributed by atoms with Gasteiger partial charge in [-0.3, -0.25) is 4.79 Å². The molecular formula is C30H63ClN2O3. The van der Waals surface area contributed by atoms with E-state index in [1.54, 1.807) is 0 Å². The molecule has 0 aromatic carbocycles. The molecule has 0 aliphatic carbocycles. The van der Waals surface area contributed by atoms with Gasteiger partial charge in [-0.25, -0.2) is 0 Å². The minimum Gasteiger partial charge on any atom is -0.394 e. The zero-order valence-electron chi connectivity index (χ0n) is 24.4. The number of unbranched alkanes of at least 4 members (excludes halogenated alkanes) is 18. The van der Waals surface area contributed by atoms with E-state index in [-0.39, 0.29) is 37.0 Å². The minimum atomic E-state index is -0.856. The lowest BCUT2D eigenvalue weighted by Crippen LogP contribution is -2.55. The third-order valence-electron chi connectivity index (χ3n) is 7.38. The van der Waals surface area contributed by atoms with Gasteiger partial charge in [-0.05, 0) is 26.9 Å². The highest BCUT2D eigenvalue weighted by molar-refractivity contribution is 5.85. The van der Waals surface area contributed by atoms with Crippen LogP contribution in [0.15, 0.2) is 0 Å². The second-order valence-electron chi connectivity index (χ2n) is 10.9. The normalized spacial score (nSPS) is 13.9. The van der Waals surface area contributed by atoms with Crippen LogP contribution in [0.3, 0.4) is 0 Å². The number of aliphatic hydroxyl groups excluding tert-OH is 2. The van der Waals surface area contributed by atoms with E-state index in [1.165, 1.54) is 109 Å². The summed E-state index contributed by atoms with van der Waals surface area (Å²) in [4.78, 5) is 14.2. The van der Waals surface area contributed by atoms with E-state index in [9.17, 15) is 15.0 Å². The zero-order chi connectivity index (χ0) is 26.2. The van der Waals surface area contributed by atoms with Crippen molar-refractivity contribution < 1.29 is 15.0 Å². The summed E-state index contributed by atoms with van der Waals surface area (Å²) in [6, 6.07) is -0.431. The summed E-state index contributed by atoms with van der Waals surface area (Å²) < 4.78 is 0. The number of halogens is 1. The van der Waals surface area contributed by atoms with Crippen molar-refractivity contribution in [3.05, 3.63) is 0 Å². The molecule has 0 saturated heterocycles. The highest BCUT2D eigenvalue weighted by Crippen LogP contribution is 2.15. The molecule has 0 aliphatic rings. The van der Waals surface area contributed by atoms with Gasteiger partial charge in [0.25, 0.3) is 0 Å². The van der Waals surface area contributed by atoms with Crippen molar-refractivity contribution in [3.8, 4) is 0 Å². The molecule has 0 aromatic rings. The van der Waals surface area contributed by atoms with E-state index in [0.717, 1.165) is 19.3 Å². The number of carbonyl (C=O) groups excluding carboxylic acids is 1. The van der Waals surface area contributed by atoms with Gasteiger partial charge in [-0.1, -0.05) is 129 Å². The maximum atomic E-state index is 12.4. The predicted molar refractivity (Wildman–Crippen MR) is 158 cm³/mol. The van der Waals surface area contributed by atoms with Crippen molar-refractivity contribution in [2.75, 3.05) is 20.7 Å². The fourth-order valence-corrected chi connectivity index (χ4v) is 5.15. The van der Waals surface area contributed by atoms with Crippen LogP contribution in [0.1, 0.15) is 149 Å². The third kappa shape index (κ3) is 21.7. The summed E-state index contributed by atoms with van der Waals surface area (Å²) in [7, 11) is 3.74. The number of carbonyl (C=O) groups is 1. The maximum absolute atomic E-state index is 12.4. The Kier molecular flexibility index (Phi) is 29.0. The molecule has 3 atom stereocenters. The average molecular weight is 535 g/mol. The average Bonchev–Trinajstić information content (AvgIpc) is 2.84. The van der Waals surface area contributed by atoms with Gasteiger partial charge < -0.3 is 20.4 Å². The van der Waals surface area contributed by atoms with E-state index in [0.29, 0.717) is 6.42 Å². The number of rotatable bonds is 26. The standard InChI is InChI=1S/C30H62N2O3.ClH/c1-5-7-8-9-10-11-12-13-14-15-16-17-18-19-20-21-22-23-24-25-29(35)31-27(6-2)30(32(3)4)28(34)26-33;/h27-28,30,33-34H,5-26H2,1-4H3,(H,31,35);1H. The molecule has 0 rings (SSSR count). The monoisotopic (exact) mass is 534 g/mol. The molecule has 5 nitrogen and oxygen atoms in total. The van der Waals surface area contributed by atoms with Crippen LogP contribution >= 0.6 is 12.4 Å². The van der Waals surface area contributed by atoms with E-state index in [1.807, 2.05) is 25.9 Å². The predicted octanol–water partition coefficient (Wildman–Crippen LogP) is 7.41. The third-order valence-corrected chi connectivity index (χ3v) is 7.38. The molecular weight excluding hydrogens is 472 g/mol. The minimum absolute atomic E-state index is 0. The molecule has 3 N–H and O–H groups in total. The molecule has 0 aromatic heterocycles. The number of likely N-dealkylation sites (N-methyl/N-ethyl adjacent to an activating group) is 1. The Bertz CT molecular complexity index is 465. The number of nitrogens with zero attached hydrogens (tertiary/aromatic N) is 1. The summed E-state index contributed by atoms with van der Waals surface area (Å²) in [5, 5.41) is 22.5. The Hall–Kier alpha value is -0.360. The molecule has 0 aliphatic heterocycles. The summed E-state index contributed by atoms with van der Waals surface area (Å²) in [6.07, 6.45) is 26.1. The van der Waals surface area contributed by atoms with Crippen molar-refractivity contribution in [3.63, 3.8) is 0 Å². The van der Waals surface area contributed by atoms with Crippen LogP contribution < -0.4 is 5.32 Å². The number of nitrogens with one attached hydrogen (secondary N) is 1. The van der Waals surface area contributed by atoms with Crippen LogP contribution in [-0.4, -0.2) is 59.9 Å². The van der Waals surface area contributed by atoms with Crippen LogP contribution in [0.25, 0.3) is 0 Å². The summed E-state index contributed by atoms with van der Waals surface area (Å²) in [5.41, 5.74) is 0. The van der Waals surface area contributed by atoms with Crippen molar-refractivity contribution in [2.24, 2.45) is 0 Å². The van der Waals surface area contributed by atoms with E-state index in [2.05, 4.69) is 12.2 Å². The van der Waals surface area contributed by atoms with Crippen LogP contribution in [0.2, 0.25) is 0 Å². The first-order valence-electron chi connectivity index (χ1n) is 15.2. The lowest BCUT2D eigenvalue weighted by atomic mass is 9.98. The smallest absolute Gasteiger partial charge is 0.220 e. The molecule has 0 heterocycles. The Morgan fingerprint density at radius 2 is 1.06 bits per heavy atom. The Morgan fingerprint density at radius 3 is 1.36 bits per heavy atom. The Balaban J connectivity index is 0. The number of amides is 1. The second kappa shape index (κ2) is 27.7. The van der Waals surface area contributed by atoms with Gasteiger partial charge in [-0.2, -0.15) is 0 Å². The lowest BCUT2D eigenvalue weighted by molar-refractivity contribution is -0.122. The van der Waals surface area contributed by atoms with Gasteiger partial charge in [0.05, 0.1) is 18.8 Å². The second-order valence-corrected chi connectivity index (χ2v) is 10.9. The van der Waals surface area contributed by atoms with Crippen molar-refractivity contribution in [2.45, 2.75) is 167 Å². The van der Waals surface area contributed by atoms with Gasteiger partial charge in [0, 0.05) is 12.5 Å². The summed E-state index contributed by atoms with van der Waals surface area (Å²) in [5.74, 6) is 0.0563. The number of hydrogen-bond donors (Lipinski definition) is 3. The van der Waals surface area contributed by atoms with E-state index in [4.69, 9.17) is 0 Å². The van der Waals surface area contributed by atoms with Gasteiger partial charge in [0.15, 0.2) is 0 Å². The molecule has 1 amide bonds. The first-order valence-corrected chi connectivity index (χ1v) is 15.2. The molecule has 0 radical (unpaired) electrons. The van der Waals surface area contributed by atoms with Crippen LogP contribution in [0, 0.1) is 0 Å². The van der Waals surface area contributed by atoms with E-state index < -0.39 is 6.10 Å². The zero-order valence-corrected chi connectivity index (χ0v) is 25.3. The molecule has 0 fully saturated rings. The maximum Gasteiger partial charge on any atom is 0.220 e. The van der Waals surface area contributed by atoms with Crippen LogP contribution in [-0.2, 0) is 4.79 Å². The van der Waals surface area contributed by atoms with Gasteiger partial charge in [-0.15, -0.1) is 12.4 Å². The van der Waals surface area contributed by atoms with Gasteiger partial charge in [0.2, 0.25) is 5.91 Å². The number of hydrogen-bond acceptors (Lipinski definition) is 4. The number of aliphatic hydroxyl groups is 2. The Labute approximate surface area is 231 Å². The molecule has 0 saturated carbocycles. The van der Waals surface area contributed by atoms with Gasteiger partial charge >= 0.3 is 0 Å². The van der Waals surface area contributed by atoms with Crippen LogP contribution in [0.4, 0.5) is 0 Å². The van der Waals surface area contributed by atoms with Crippen molar-refractivity contribution in [1.82, 2.24) is 10.2 Å². The quantitative estimate of drug-likeness (QED) is 0.101. The molecule has 218 valence electrons. The SMILES string of the molecule is CCCCCCCCCCCCCCCCCCCCCC(=O)NC(CC)C(C(O)CO)N(C)C.Cl.